The van der Waals surface area contributed by atoms with E-state index in [4.69, 9.17) is 5.73 Å². The van der Waals surface area contributed by atoms with Crippen molar-refractivity contribution in [3.05, 3.63) is 35.4 Å². The zero-order valence-corrected chi connectivity index (χ0v) is 9.21. The lowest BCUT2D eigenvalue weighted by molar-refractivity contribution is 0.342. The van der Waals surface area contributed by atoms with E-state index in [-0.39, 0.29) is 0 Å². The Bertz CT molecular complexity index is 305. The van der Waals surface area contributed by atoms with Crippen LogP contribution in [-0.4, -0.2) is 12.6 Å². The van der Waals surface area contributed by atoms with Crippen LogP contribution in [-0.2, 0) is 13.0 Å². The molecule has 2 nitrogen and oxygen atoms in total. The average Bonchev–Trinajstić information content (AvgIpc) is 2.22. The normalized spacial score (nSPS) is 16.3. The highest BCUT2D eigenvalue weighted by atomic mass is 14.9. The molecule has 1 saturated carbocycles. The lowest BCUT2D eigenvalue weighted by Crippen LogP contribution is -2.36. The van der Waals surface area contributed by atoms with Crippen molar-refractivity contribution in [3.63, 3.8) is 0 Å². The Balaban J connectivity index is 1.81. The van der Waals surface area contributed by atoms with Crippen LogP contribution in [0.2, 0.25) is 0 Å². The van der Waals surface area contributed by atoms with E-state index in [1.807, 2.05) is 0 Å². The van der Waals surface area contributed by atoms with E-state index in [0.29, 0.717) is 6.54 Å². The molecule has 0 aliphatic heterocycles. The molecule has 0 unspecified atom stereocenters. The van der Waals surface area contributed by atoms with Crippen LogP contribution in [0.5, 0.6) is 0 Å². The van der Waals surface area contributed by atoms with Gasteiger partial charge in [-0.25, -0.2) is 0 Å². The van der Waals surface area contributed by atoms with Gasteiger partial charge in [-0.3, -0.25) is 0 Å². The third kappa shape index (κ3) is 2.80. The quantitative estimate of drug-likeness (QED) is 0.768. The molecule has 1 aromatic carbocycles. The second-order valence-corrected chi connectivity index (χ2v) is 4.30. The van der Waals surface area contributed by atoms with Crippen LogP contribution >= 0.6 is 0 Å². The van der Waals surface area contributed by atoms with Gasteiger partial charge >= 0.3 is 0 Å². The molecule has 0 amide bonds. The molecular weight excluding hydrogens is 184 g/mol. The Kier molecular flexibility index (Phi) is 3.75. The molecule has 15 heavy (non-hydrogen) atoms. The summed E-state index contributed by atoms with van der Waals surface area (Å²) in [5.41, 5.74) is 8.38. The van der Waals surface area contributed by atoms with Gasteiger partial charge in [0.25, 0.3) is 0 Å². The van der Waals surface area contributed by atoms with Crippen LogP contribution in [0.1, 0.15) is 30.4 Å². The molecule has 0 saturated heterocycles. The van der Waals surface area contributed by atoms with Gasteiger partial charge in [-0.1, -0.05) is 30.7 Å². The maximum Gasteiger partial charge on any atom is 0.0180 e. The molecule has 1 aliphatic carbocycles. The summed E-state index contributed by atoms with van der Waals surface area (Å²) in [4.78, 5) is 0. The first kappa shape index (κ1) is 10.7. The Hall–Kier alpha value is -0.860. The van der Waals surface area contributed by atoms with E-state index in [0.717, 1.165) is 19.0 Å². The molecule has 3 N–H and O–H groups in total. The van der Waals surface area contributed by atoms with Gasteiger partial charge in [0, 0.05) is 12.6 Å². The fourth-order valence-corrected chi connectivity index (χ4v) is 2.02. The topological polar surface area (TPSA) is 38.0 Å². The van der Waals surface area contributed by atoms with Crippen LogP contribution in [0.3, 0.4) is 0 Å². The number of hydrogen-bond donors (Lipinski definition) is 2. The van der Waals surface area contributed by atoms with Crippen LogP contribution < -0.4 is 11.1 Å². The van der Waals surface area contributed by atoms with Crippen LogP contribution in [0, 0.1) is 0 Å². The zero-order valence-electron chi connectivity index (χ0n) is 9.21. The molecule has 0 radical (unpaired) electrons. The number of nitrogens with two attached hydrogens (primary N) is 1. The first-order chi connectivity index (χ1) is 7.40. The van der Waals surface area contributed by atoms with E-state index in [2.05, 4.69) is 29.6 Å². The molecule has 2 heteroatoms. The van der Waals surface area contributed by atoms with Gasteiger partial charge in [-0.05, 0) is 36.9 Å². The Morgan fingerprint density at radius 2 is 1.93 bits per heavy atom. The summed E-state index contributed by atoms with van der Waals surface area (Å²) in [5, 5.41) is 3.58. The molecule has 1 fully saturated rings. The monoisotopic (exact) mass is 204 g/mol. The lowest BCUT2D eigenvalue weighted by atomic mass is 9.93. The first-order valence-electron chi connectivity index (χ1n) is 5.90. The highest BCUT2D eigenvalue weighted by Gasteiger charge is 2.15. The van der Waals surface area contributed by atoms with Gasteiger partial charge in [0.15, 0.2) is 0 Å². The summed E-state index contributed by atoms with van der Waals surface area (Å²) in [7, 11) is 0. The van der Waals surface area contributed by atoms with Gasteiger partial charge in [0.1, 0.15) is 0 Å². The molecule has 82 valence electrons. The summed E-state index contributed by atoms with van der Waals surface area (Å²) in [6.45, 7) is 1.74. The molecule has 0 heterocycles. The van der Waals surface area contributed by atoms with E-state index in [1.54, 1.807) is 0 Å². The second kappa shape index (κ2) is 5.29. The van der Waals surface area contributed by atoms with Crippen molar-refractivity contribution in [1.29, 1.82) is 0 Å². The Morgan fingerprint density at radius 1 is 1.20 bits per heavy atom. The van der Waals surface area contributed by atoms with E-state index in [1.165, 1.54) is 30.4 Å². The van der Waals surface area contributed by atoms with Crippen molar-refractivity contribution in [2.45, 2.75) is 38.3 Å². The standard InChI is InChI=1S/C13H20N2/c14-10-12-5-2-1-4-11(12)8-9-15-13-6-3-7-13/h1-2,4-5,13,15H,3,6-10,14H2. The number of benzene rings is 1. The molecule has 1 aromatic rings. The van der Waals surface area contributed by atoms with Crippen molar-refractivity contribution in [1.82, 2.24) is 5.32 Å². The molecular formula is C13H20N2. The van der Waals surface area contributed by atoms with Crippen molar-refractivity contribution < 1.29 is 0 Å². The largest absolute Gasteiger partial charge is 0.326 e. The van der Waals surface area contributed by atoms with Gasteiger partial charge in [0.2, 0.25) is 0 Å². The maximum absolute atomic E-state index is 5.70. The van der Waals surface area contributed by atoms with Gasteiger partial charge in [-0.15, -0.1) is 0 Å². The summed E-state index contributed by atoms with van der Waals surface area (Å²) < 4.78 is 0. The maximum atomic E-state index is 5.70. The number of rotatable bonds is 5. The fraction of sp³-hybridized carbons (Fsp3) is 0.538. The second-order valence-electron chi connectivity index (χ2n) is 4.30. The summed E-state index contributed by atoms with van der Waals surface area (Å²) in [5.74, 6) is 0. The van der Waals surface area contributed by atoms with Crippen molar-refractivity contribution in [2.24, 2.45) is 5.73 Å². The van der Waals surface area contributed by atoms with Crippen molar-refractivity contribution in [2.75, 3.05) is 6.54 Å². The smallest absolute Gasteiger partial charge is 0.0180 e. The van der Waals surface area contributed by atoms with Crippen LogP contribution in [0.15, 0.2) is 24.3 Å². The van der Waals surface area contributed by atoms with Crippen molar-refractivity contribution >= 4 is 0 Å². The third-order valence-corrected chi connectivity index (χ3v) is 3.27. The van der Waals surface area contributed by atoms with Crippen LogP contribution in [0.4, 0.5) is 0 Å². The predicted molar refractivity (Wildman–Crippen MR) is 63.7 cm³/mol. The summed E-state index contributed by atoms with van der Waals surface area (Å²) in [6.07, 6.45) is 5.22. The van der Waals surface area contributed by atoms with E-state index < -0.39 is 0 Å². The molecule has 0 bridgehead atoms. The molecule has 0 spiro atoms. The fourth-order valence-electron chi connectivity index (χ4n) is 2.02. The number of nitrogens with one attached hydrogen (secondary N) is 1. The van der Waals surface area contributed by atoms with E-state index in [9.17, 15) is 0 Å². The minimum atomic E-state index is 0.652. The molecule has 0 aromatic heterocycles. The van der Waals surface area contributed by atoms with Gasteiger partial charge in [0.05, 0.1) is 0 Å². The summed E-state index contributed by atoms with van der Waals surface area (Å²) >= 11 is 0. The van der Waals surface area contributed by atoms with Gasteiger partial charge < -0.3 is 11.1 Å². The third-order valence-electron chi connectivity index (χ3n) is 3.27. The minimum absolute atomic E-state index is 0.652. The highest BCUT2D eigenvalue weighted by Crippen LogP contribution is 2.18. The van der Waals surface area contributed by atoms with E-state index >= 15 is 0 Å². The molecule has 1 aliphatic rings. The SMILES string of the molecule is NCc1ccccc1CCNC1CCC1. The molecule has 2 rings (SSSR count). The highest BCUT2D eigenvalue weighted by molar-refractivity contribution is 5.27. The molecule has 0 atom stereocenters. The average molecular weight is 204 g/mol. The van der Waals surface area contributed by atoms with Crippen molar-refractivity contribution in [3.8, 4) is 0 Å². The van der Waals surface area contributed by atoms with Crippen LogP contribution in [0.25, 0.3) is 0 Å². The Labute approximate surface area is 91.9 Å². The lowest BCUT2D eigenvalue weighted by Gasteiger charge is -2.26. The minimum Gasteiger partial charge on any atom is -0.326 e. The van der Waals surface area contributed by atoms with Gasteiger partial charge in [-0.2, -0.15) is 0 Å². The first-order valence-corrected chi connectivity index (χ1v) is 5.90. The Morgan fingerprint density at radius 3 is 2.53 bits per heavy atom. The number of hydrogen-bond acceptors (Lipinski definition) is 2. The zero-order chi connectivity index (χ0) is 10.5. The summed E-state index contributed by atoms with van der Waals surface area (Å²) in [6, 6.07) is 9.25. The predicted octanol–water partition coefficient (Wildman–Crippen LogP) is 1.83.